The van der Waals surface area contributed by atoms with Crippen molar-refractivity contribution >= 4 is 17.5 Å². The maximum absolute atomic E-state index is 12.6. The molecule has 3 atom stereocenters. The zero-order chi connectivity index (χ0) is 18.4. The highest BCUT2D eigenvalue weighted by molar-refractivity contribution is 5.91. The molecule has 1 saturated heterocycles. The van der Waals surface area contributed by atoms with Gasteiger partial charge in [0.1, 0.15) is 5.75 Å². The van der Waals surface area contributed by atoms with Crippen LogP contribution in [0.5, 0.6) is 5.75 Å². The summed E-state index contributed by atoms with van der Waals surface area (Å²) in [5, 5.41) is 2.85. The van der Waals surface area contributed by atoms with Crippen LogP contribution in [-0.2, 0) is 9.59 Å². The number of likely N-dealkylation sites (N-methyl/N-ethyl adjacent to an activating group) is 1. The molecule has 2 amide bonds. The molecule has 1 aromatic carbocycles. The number of carbonyl (C=O) groups is 2. The molecular formula is C19H30N3O3+. The van der Waals surface area contributed by atoms with Crippen molar-refractivity contribution in [3.63, 3.8) is 0 Å². The molecule has 6 nitrogen and oxygen atoms in total. The Morgan fingerprint density at radius 2 is 1.76 bits per heavy atom. The maximum atomic E-state index is 12.6. The Labute approximate surface area is 150 Å². The lowest BCUT2D eigenvalue weighted by Gasteiger charge is -2.39. The molecule has 138 valence electrons. The van der Waals surface area contributed by atoms with E-state index in [1.54, 1.807) is 31.4 Å². The molecule has 1 aliphatic heterocycles. The van der Waals surface area contributed by atoms with Crippen LogP contribution in [0.25, 0.3) is 0 Å². The average Bonchev–Trinajstić information content (AvgIpc) is 2.55. The van der Waals surface area contributed by atoms with Crippen molar-refractivity contribution in [3.8, 4) is 5.75 Å². The minimum atomic E-state index is -0.102. The highest BCUT2D eigenvalue weighted by atomic mass is 16.5. The van der Waals surface area contributed by atoms with Gasteiger partial charge < -0.3 is 19.9 Å². The van der Waals surface area contributed by atoms with E-state index in [1.807, 2.05) is 11.9 Å². The standard InChI is InChI=1S/C19H29N3O3/c1-14-6-5-7-15(2)22(14)19(24)13-21(3)12-18(23)20-16-8-10-17(25-4)11-9-16/h8-11,14-15H,5-7,12-13H2,1-4H3,(H,20,23)/p+1/t14-,15+. The average molecular weight is 348 g/mol. The molecule has 0 aromatic heterocycles. The second-order valence-electron chi connectivity index (χ2n) is 7.02. The summed E-state index contributed by atoms with van der Waals surface area (Å²) in [4.78, 5) is 27.7. The quantitative estimate of drug-likeness (QED) is 0.804. The van der Waals surface area contributed by atoms with Gasteiger partial charge in [0, 0.05) is 17.8 Å². The van der Waals surface area contributed by atoms with E-state index < -0.39 is 0 Å². The summed E-state index contributed by atoms with van der Waals surface area (Å²) in [6.07, 6.45) is 3.30. The lowest BCUT2D eigenvalue weighted by Crippen LogP contribution is -3.11. The van der Waals surface area contributed by atoms with Crippen LogP contribution in [0.3, 0.4) is 0 Å². The van der Waals surface area contributed by atoms with Crippen LogP contribution in [0.4, 0.5) is 5.69 Å². The largest absolute Gasteiger partial charge is 0.497 e. The molecular weight excluding hydrogens is 318 g/mol. The van der Waals surface area contributed by atoms with Crippen LogP contribution in [0, 0.1) is 0 Å². The van der Waals surface area contributed by atoms with Crippen LogP contribution in [-0.4, -0.2) is 56.0 Å². The molecule has 25 heavy (non-hydrogen) atoms. The van der Waals surface area contributed by atoms with Crippen molar-refractivity contribution in [2.45, 2.75) is 45.2 Å². The van der Waals surface area contributed by atoms with E-state index >= 15 is 0 Å². The third-order valence-corrected chi connectivity index (χ3v) is 4.77. The number of rotatable bonds is 6. The van der Waals surface area contributed by atoms with Gasteiger partial charge in [-0.25, -0.2) is 0 Å². The second kappa shape index (κ2) is 8.85. The Bertz CT molecular complexity index is 578. The molecule has 2 rings (SSSR count). The lowest BCUT2D eigenvalue weighted by molar-refractivity contribution is -0.862. The first-order valence-corrected chi connectivity index (χ1v) is 8.97. The smallest absolute Gasteiger partial charge is 0.279 e. The monoisotopic (exact) mass is 348 g/mol. The molecule has 1 heterocycles. The zero-order valence-electron chi connectivity index (χ0n) is 15.7. The number of benzene rings is 1. The Morgan fingerprint density at radius 1 is 1.16 bits per heavy atom. The van der Waals surface area contributed by atoms with Crippen molar-refractivity contribution < 1.29 is 19.2 Å². The number of hydrogen-bond acceptors (Lipinski definition) is 3. The summed E-state index contributed by atoms with van der Waals surface area (Å²) in [6, 6.07) is 7.78. The third-order valence-electron chi connectivity index (χ3n) is 4.77. The number of quaternary nitrogens is 1. The lowest BCUT2D eigenvalue weighted by atomic mass is 9.97. The predicted octanol–water partition coefficient (Wildman–Crippen LogP) is 0.938. The molecule has 0 spiro atoms. The maximum Gasteiger partial charge on any atom is 0.279 e. The van der Waals surface area contributed by atoms with Gasteiger partial charge in [-0.15, -0.1) is 0 Å². The van der Waals surface area contributed by atoms with Gasteiger partial charge in [0.15, 0.2) is 13.1 Å². The first-order valence-electron chi connectivity index (χ1n) is 8.97. The van der Waals surface area contributed by atoms with E-state index in [0.717, 1.165) is 29.2 Å². The fourth-order valence-corrected chi connectivity index (χ4v) is 3.48. The normalized spacial score (nSPS) is 21.5. The number of hydrogen-bond donors (Lipinski definition) is 2. The van der Waals surface area contributed by atoms with Crippen molar-refractivity contribution in [2.75, 3.05) is 32.6 Å². The summed E-state index contributed by atoms with van der Waals surface area (Å²) in [7, 11) is 3.48. The molecule has 1 aromatic rings. The molecule has 1 aliphatic rings. The van der Waals surface area contributed by atoms with E-state index in [9.17, 15) is 9.59 Å². The molecule has 2 N–H and O–H groups in total. The Balaban J connectivity index is 1.82. The predicted molar refractivity (Wildman–Crippen MR) is 97.9 cm³/mol. The minimum absolute atomic E-state index is 0.102. The Kier molecular flexibility index (Phi) is 6.82. The summed E-state index contributed by atoms with van der Waals surface area (Å²) >= 11 is 0. The number of anilines is 1. The van der Waals surface area contributed by atoms with Gasteiger partial charge in [-0.1, -0.05) is 0 Å². The molecule has 6 heteroatoms. The van der Waals surface area contributed by atoms with Gasteiger partial charge in [0.2, 0.25) is 0 Å². The van der Waals surface area contributed by atoms with Gasteiger partial charge in [-0.05, 0) is 57.4 Å². The Morgan fingerprint density at radius 3 is 2.32 bits per heavy atom. The van der Waals surface area contributed by atoms with Crippen LogP contribution in [0.1, 0.15) is 33.1 Å². The fraction of sp³-hybridized carbons (Fsp3) is 0.579. The first-order chi connectivity index (χ1) is 11.9. The molecule has 0 bridgehead atoms. The number of methoxy groups -OCH3 is 1. The number of ether oxygens (including phenoxy) is 1. The van der Waals surface area contributed by atoms with Crippen molar-refractivity contribution in [2.24, 2.45) is 0 Å². The van der Waals surface area contributed by atoms with E-state index in [2.05, 4.69) is 19.2 Å². The summed E-state index contributed by atoms with van der Waals surface area (Å²) in [5.41, 5.74) is 0.725. The van der Waals surface area contributed by atoms with Crippen LogP contribution >= 0.6 is 0 Å². The highest BCUT2D eigenvalue weighted by Crippen LogP contribution is 2.22. The van der Waals surface area contributed by atoms with Crippen molar-refractivity contribution in [3.05, 3.63) is 24.3 Å². The minimum Gasteiger partial charge on any atom is -0.497 e. The molecule has 0 saturated carbocycles. The van der Waals surface area contributed by atoms with Crippen LogP contribution in [0.15, 0.2) is 24.3 Å². The van der Waals surface area contributed by atoms with Gasteiger partial charge in [-0.3, -0.25) is 9.59 Å². The van der Waals surface area contributed by atoms with Crippen molar-refractivity contribution in [1.82, 2.24) is 4.90 Å². The fourth-order valence-electron chi connectivity index (χ4n) is 3.48. The van der Waals surface area contributed by atoms with E-state index in [4.69, 9.17) is 4.74 Å². The number of nitrogens with one attached hydrogen (secondary N) is 2. The highest BCUT2D eigenvalue weighted by Gasteiger charge is 2.30. The molecule has 0 aliphatic carbocycles. The van der Waals surface area contributed by atoms with Gasteiger partial charge >= 0.3 is 0 Å². The summed E-state index contributed by atoms with van der Waals surface area (Å²) in [5.74, 6) is 0.778. The third kappa shape index (κ3) is 5.46. The van der Waals surface area contributed by atoms with Crippen LogP contribution < -0.4 is 15.0 Å². The molecule has 0 radical (unpaired) electrons. The molecule has 1 fully saturated rings. The topological polar surface area (TPSA) is 63.1 Å². The number of nitrogens with zero attached hydrogens (tertiary/aromatic N) is 1. The van der Waals surface area contributed by atoms with E-state index in [1.165, 1.54) is 6.42 Å². The van der Waals surface area contributed by atoms with Gasteiger partial charge in [-0.2, -0.15) is 0 Å². The number of likely N-dealkylation sites (tertiary alicyclic amines) is 1. The summed E-state index contributed by atoms with van der Waals surface area (Å²) < 4.78 is 5.10. The van der Waals surface area contributed by atoms with Crippen LogP contribution in [0.2, 0.25) is 0 Å². The zero-order valence-corrected chi connectivity index (χ0v) is 15.7. The number of piperidine rings is 1. The van der Waals surface area contributed by atoms with E-state index in [-0.39, 0.29) is 30.4 Å². The molecule has 1 unspecified atom stereocenters. The summed E-state index contributed by atoms with van der Waals surface area (Å²) in [6.45, 7) is 4.82. The van der Waals surface area contributed by atoms with Gasteiger partial charge in [0.25, 0.3) is 11.8 Å². The van der Waals surface area contributed by atoms with Gasteiger partial charge in [0.05, 0.1) is 14.2 Å². The Hall–Kier alpha value is -2.08. The van der Waals surface area contributed by atoms with Crippen molar-refractivity contribution in [1.29, 1.82) is 0 Å². The van der Waals surface area contributed by atoms with E-state index in [0.29, 0.717) is 6.54 Å². The second-order valence-corrected chi connectivity index (χ2v) is 7.02. The number of amides is 2. The SMILES string of the molecule is COc1ccc(NC(=O)C[NH+](C)CC(=O)N2[C@H](C)CCC[C@@H]2C)cc1. The first kappa shape index (κ1) is 19.2. The number of carbonyl (C=O) groups excluding carboxylic acids is 2.